The number of phenols is 1. The Balaban J connectivity index is 2.47. The topological polar surface area (TPSA) is 44.0 Å². The SMILES string of the molecule is N#CC1C=CC=CC1(F)C#Cc1ccc(O)cc1C(F)(F)F. The van der Waals surface area contributed by atoms with E-state index in [1.165, 1.54) is 18.2 Å². The lowest BCUT2D eigenvalue weighted by Crippen LogP contribution is -2.28. The lowest BCUT2D eigenvalue weighted by molar-refractivity contribution is -0.137. The average Bonchev–Trinajstić information content (AvgIpc) is 2.45. The minimum absolute atomic E-state index is 0.470. The highest BCUT2D eigenvalue weighted by Crippen LogP contribution is 2.34. The summed E-state index contributed by atoms with van der Waals surface area (Å²) in [5.41, 5.74) is -3.99. The summed E-state index contributed by atoms with van der Waals surface area (Å²) in [7, 11) is 0. The molecule has 22 heavy (non-hydrogen) atoms. The van der Waals surface area contributed by atoms with Gasteiger partial charge in [-0.15, -0.1) is 0 Å². The number of nitriles is 1. The van der Waals surface area contributed by atoms with E-state index in [0.29, 0.717) is 6.07 Å². The molecule has 0 bridgehead atoms. The number of allylic oxidation sites excluding steroid dienone is 4. The number of aromatic hydroxyl groups is 1. The third kappa shape index (κ3) is 3.12. The van der Waals surface area contributed by atoms with Gasteiger partial charge < -0.3 is 5.11 Å². The lowest BCUT2D eigenvalue weighted by Gasteiger charge is -2.20. The van der Waals surface area contributed by atoms with E-state index in [1.807, 2.05) is 0 Å². The summed E-state index contributed by atoms with van der Waals surface area (Å²) in [6.45, 7) is 0. The molecule has 0 saturated heterocycles. The molecule has 0 spiro atoms. The summed E-state index contributed by atoms with van der Waals surface area (Å²) in [5, 5.41) is 18.1. The van der Waals surface area contributed by atoms with Crippen LogP contribution in [-0.2, 0) is 6.18 Å². The summed E-state index contributed by atoms with van der Waals surface area (Å²) in [5.74, 6) is 2.45. The highest BCUT2D eigenvalue weighted by Gasteiger charge is 2.36. The molecule has 1 aromatic carbocycles. The number of phenolic OH excluding ortho intramolecular Hbond substituents is 1. The molecule has 1 aliphatic carbocycles. The zero-order valence-electron chi connectivity index (χ0n) is 11.0. The first-order valence-electron chi connectivity index (χ1n) is 6.14. The predicted octanol–water partition coefficient (Wildman–Crippen LogP) is 3.74. The predicted molar refractivity (Wildman–Crippen MR) is 71.2 cm³/mol. The van der Waals surface area contributed by atoms with Crippen LogP contribution >= 0.6 is 0 Å². The molecule has 112 valence electrons. The van der Waals surface area contributed by atoms with Crippen LogP contribution in [0.2, 0.25) is 0 Å². The molecule has 1 aliphatic rings. The number of rotatable bonds is 0. The first-order chi connectivity index (χ1) is 10.3. The number of hydrogen-bond donors (Lipinski definition) is 1. The summed E-state index contributed by atoms with van der Waals surface area (Å²) in [4.78, 5) is 0. The first-order valence-corrected chi connectivity index (χ1v) is 6.14. The quantitative estimate of drug-likeness (QED) is 0.586. The molecule has 2 unspecified atom stereocenters. The molecule has 0 amide bonds. The summed E-state index contributed by atoms with van der Waals surface area (Å²) >= 11 is 0. The summed E-state index contributed by atoms with van der Waals surface area (Å²) < 4.78 is 53.2. The van der Waals surface area contributed by atoms with Crippen LogP contribution in [0.25, 0.3) is 0 Å². The standard InChI is InChI=1S/C16H9F4NO/c17-15(7-2-1-3-12(15)10-21)8-6-11-4-5-13(22)9-14(11)16(18,19)20/h1-5,7,9,12,22H. The molecule has 1 aromatic rings. The fourth-order valence-electron chi connectivity index (χ4n) is 1.91. The number of nitrogens with zero attached hydrogens (tertiary/aromatic N) is 1. The molecule has 0 aliphatic heterocycles. The maximum Gasteiger partial charge on any atom is 0.417 e. The van der Waals surface area contributed by atoms with Crippen LogP contribution in [0.15, 0.2) is 42.5 Å². The van der Waals surface area contributed by atoms with Crippen molar-refractivity contribution in [1.29, 1.82) is 5.26 Å². The molecule has 0 aromatic heterocycles. The minimum Gasteiger partial charge on any atom is -0.508 e. The monoisotopic (exact) mass is 307 g/mol. The van der Waals surface area contributed by atoms with Gasteiger partial charge in [0.05, 0.1) is 11.6 Å². The molecule has 0 heterocycles. The van der Waals surface area contributed by atoms with Gasteiger partial charge in [0.1, 0.15) is 11.7 Å². The molecule has 6 heteroatoms. The Morgan fingerprint density at radius 2 is 1.95 bits per heavy atom. The average molecular weight is 307 g/mol. The molecule has 0 saturated carbocycles. The van der Waals surface area contributed by atoms with Gasteiger partial charge in [-0.3, -0.25) is 0 Å². The number of benzene rings is 1. The van der Waals surface area contributed by atoms with Crippen molar-refractivity contribution in [3.63, 3.8) is 0 Å². The molecular formula is C16H9F4NO. The van der Waals surface area contributed by atoms with Crippen LogP contribution < -0.4 is 0 Å². The third-order valence-corrected chi connectivity index (χ3v) is 3.04. The van der Waals surface area contributed by atoms with E-state index in [0.717, 1.165) is 18.2 Å². The maximum atomic E-state index is 14.6. The summed E-state index contributed by atoms with van der Waals surface area (Å²) in [6.07, 6.45) is 0.389. The largest absolute Gasteiger partial charge is 0.508 e. The van der Waals surface area contributed by atoms with E-state index in [9.17, 15) is 17.6 Å². The lowest BCUT2D eigenvalue weighted by atomic mass is 9.86. The van der Waals surface area contributed by atoms with Gasteiger partial charge in [0, 0.05) is 5.56 Å². The van der Waals surface area contributed by atoms with Gasteiger partial charge in [0.25, 0.3) is 0 Å². The minimum atomic E-state index is -4.73. The van der Waals surface area contributed by atoms with Crippen molar-refractivity contribution in [2.45, 2.75) is 11.8 Å². The van der Waals surface area contributed by atoms with Gasteiger partial charge >= 0.3 is 6.18 Å². The van der Waals surface area contributed by atoms with Crippen molar-refractivity contribution in [3.05, 3.63) is 53.6 Å². The van der Waals surface area contributed by atoms with E-state index < -0.39 is 34.6 Å². The van der Waals surface area contributed by atoms with Gasteiger partial charge in [-0.05, 0) is 24.3 Å². The van der Waals surface area contributed by atoms with E-state index in [4.69, 9.17) is 10.4 Å². The molecule has 0 fully saturated rings. The first kappa shape index (κ1) is 15.7. The van der Waals surface area contributed by atoms with E-state index in [1.54, 1.807) is 6.07 Å². The highest BCUT2D eigenvalue weighted by molar-refractivity contribution is 5.49. The molecule has 2 rings (SSSR count). The molecule has 1 N–H and O–H groups in total. The van der Waals surface area contributed by atoms with Crippen LogP contribution in [0.5, 0.6) is 5.75 Å². The molecule has 0 radical (unpaired) electrons. The number of hydrogen-bond acceptors (Lipinski definition) is 2. The van der Waals surface area contributed by atoms with Crippen molar-refractivity contribution in [2.75, 3.05) is 0 Å². The fraction of sp³-hybridized carbons (Fsp3) is 0.188. The highest BCUT2D eigenvalue weighted by atomic mass is 19.4. The smallest absolute Gasteiger partial charge is 0.417 e. The Kier molecular flexibility index (Phi) is 3.97. The van der Waals surface area contributed by atoms with Crippen LogP contribution in [-0.4, -0.2) is 10.8 Å². The van der Waals surface area contributed by atoms with Gasteiger partial charge in [-0.25, -0.2) is 4.39 Å². The molecule has 2 nitrogen and oxygen atoms in total. The Morgan fingerprint density at radius 3 is 2.59 bits per heavy atom. The Bertz CT molecular complexity index is 746. The maximum absolute atomic E-state index is 14.6. The van der Waals surface area contributed by atoms with Crippen molar-refractivity contribution < 1.29 is 22.7 Å². The van der Waals surface area contributed by atoms with Crippen LogP contribution in [0.4, 0.5) is 17.6 Å². The summed E-state index contributed by atoms with van der Waals surface area (Å²) in [6, 6.07) is 4.22. The van der Waals surface area contributed by atoms with E-state index in [2.05, 4.69) is 11.8 Å². The Morgan fingerprint density at radius 1 is 1.23 bits per heavy atom. The normalized spacial score (nSPS) is 23.5. The van der Waals surface area contributed by atoms with Crippen LogP contribution in [0, 0.1) is 29.1 Å². The van der Waals surface area contributed by atoms with Crippen molar-refractivity contribution in [3.8, 4) is 23.7 Å². The van der Waals surface area contributed by atoms with Gasteiger partial charge in [0.15, 0.2) is 0 Å². The molecular weight excluding hydrogens is 298 g/mol. The van der Waals surface area contributed by atoms with Crippen molar-refractivity contribution in [1.82, 2.24) is 0 Å². The third-order valence-electron chi connectivity index (χ3n) is 3.04. The Labute approximate surface area is 124 Å². The number of halogens is 4. The van der Waals surface area contributed by atoms with Gasteiger partial charge in [0.2, 0.25) is 5.67 Å². The van der Waals surface area contributed by atoms with E-state index in [-0.39, 0.29) is 0 Å². The second kappa shape index (κ2) is 5.57. The second-order valence-electron chi connectivity index (χ2n) is 4.60. The van der Waals surface area contributed by atoms with Gasteiger partial charge in [-0.2, -0.15) is 18.4 Å². The van der Waals surface area contributed by atoms with Crippen LogP contribution in [0.1, 0.15) is 11.1 Å². The molecule has 2 atom stereocenters. The van der Waals surface area contributed by atoms with Crippen molar-refractivity contribution in [2.24, 2.45) is 5.92 Å². The van der Waals surface area contributed by atoms with Crippen molar-refractivity contribution >= 4 is 0 Å². The van der Waals surface area contributed by atoms with E-state index >= 15 is 0 Å². The van der Waals surface area contributed by atoms with Gasteiger partial charge in [-0.1, -0.05) is 30.1 Å². The van der Waals surface area contributed by atoms with Crippen LogP contribution in [0.3, 0.4) is 0 Å². The zero-order valence-corrected chi connectivity index (χ0v) is 11.0. The Hall–Kier alpha value is -2.73. The second-order valence-corrected chi connectivity index (χ2v) is 4.60. The number of alkyl halides is 4. The zero-order chi connectivity index (χ0) is 16.4. The fourth-order valence-corrected chi connectivity index (χ4v) is 1.91.